The van der Waals surface area contributed by atoms with E-state index in [1.165, 1.54) is 44.5 Å². The molecule has 0 N–H and O–H groups in total. The van der Waals surface area contributed by atoms with E-state index >= 15 is 0 Å². The molecule has 0 spiro atoms. The van der Waals surface area contributed by atoms with Crippen LogP contribution in [0, 0.1) is 0 Å². The van der Waals surface area contributed by atoms with Gasteiger partial charge in [0.1, 0.15) is 0 Å². The third-order valence-electron chi connectivity index (χ3n) is 8.34. The summed E-state index contributed by atoms with van der Waals surface area (Å²) in [6.45, 7) is 31.8. The van der Waals surface area contributed by atoms with Gasteiger partial charge in [0.15, 0.2) is 0 Å². The first-order valence-electron chi connectivity index (χ1n) is 15.5. The van der Waals surface area contributed by atoms with E-state index in [0.717, 1.165) is 16.8 Å². The van der Waals surface area contributed by atoms with Crippen LogP contribution in [0.3, 0.4) is 0 Å². The first kappa shape index (κ1) is 32.5. The Hall–Kier alpha value is -3.03. The molecule has 0 saturated carbocycles. The molecular formula is C38H53N3. The van der Waals surface area contributed by atoms with E-state index in [2.05, 4.69) is 149 Å². The van der Waals surface area contributed by atoms with Crippen LogP contribution in [0.1, 0.15) is 154 Å². The highest BCUT2D eigenvalue weighted by Crippen LogP contribution is 2.49. The van der Waals surface area contributed by atoms with E-state index in [1.807, 2.05) is 0 Å². The molecule has 3 nitrogen and oxygen atoms in total. The first-order chi connectivity index (χ1) is 18.9. The fourth-order valence-electron chi connectivity index (χ4n) is 5.78. The average Bonchev–Trinajstić information content (AvgIpc) is 2.86. The van der Waals surface area contributed by atoms with Gasteiger partial charge in [0.05, 0.1) is 5.69 Å². The van der Waals surface area contributed by atoms with Crippen LogP contribution in [0.4, 0.5) is 5.69 Å². The van der Waals surface area contributed by atoms with Crippen LogP contribution in [-0.4, -0.2) is 0 Å². The highest BCUT2D eigenvalue weighted by Gasteiger charge is 2.27. The van der Waals surface area contributed by atoms with Gasteiger partial charge in [-0.15, -0.1) is 0 Å². The summed E-state index contributed by atoms with van der Waals surface area (Å²) in [7, 11) is 0. The van der Waals surface area contributed by atoms with E-state index in [9.17, 15) is 5.53 Å². The molecule has 3 aromatic rings. The van der Waals surface area contributed by atoms with Crippen molar-refractivity contribution in [3.63, 3.8) is 0 Å². The third kappa shape index (κ3) is 6.73. The molecule has 3 heteroatoms. The maximum Gasteiger partial charge on any atom is 0.0532 e. The largest absolute Gasteiger partial charge is 0.0610 e. The molecule has 0 aliphatic heterocycles. The van der Waals surface area contributed by atoms with Gasteiger partial charge in [-0.1, -0.05) is 145 Å². The van der Waals surface area contributed by atoms with E-state index in [0.29, 0.717) is 23.7 Å². The molecule has 0 aromatic heterocycles. The van der Waals surface area contributed by atoms with Gasteiger partial charge >= 0.3 is 0 Å². The normalized spacial score (nSPS) is 12.5. The van der Waals surface area contributed by atoms with Gasteiger partial charge in [-0.05, 0) is 95.7 Å². The zero-order valence-corrected chi connectivity index (χ0v) is 28.2. The molecule has 41 heavy (non-hydrogen) atoms. The van der Waals surface area contributed by atoms with Gasteiger partial charge in [-0.25, -0.2) is 0 Å². The molecule has 0 bridgehead atoms. The maximum absolute atomic E-state index is 9.94. The van der Waals surface area contributed by atoms with Gasteiger partial charge < -0.3 is 0 Å². The topological polar surface area (TPSA) is 48.8 Å². The molecule has 3 rings (SSSR count). The molecule has 0 aliphatic rings. The molecule has 0 atom stereocenters. The summed E-state index contributed by atoms with van der Waals surface area (Å²) in [6, 6.07) is 16.0. The molecular weight excluding hydrogens is 498 g/mol. The molecule has 0 fully saturated rings. The Morgan fingerprint density at radius 3 is 1.07 bits per heavy atom. The molecule has 0 unspecified atom stereocenters. The van der Waals surface area contributed by atoms with Crippen molar-refractivity contribution in [1.29, 1.82) is 0 Å². The fraction of sp³-hybridized carbons (Fsp3) is 0.526. The number of hydrogen-bond acceptors (Lipinski definition) is 1. The summed E-state index contributed by atoms with van der Waals surface area (Å²) in [6.07, 6.45) is 0. The zero-order chi connectivity index (χ0) is 31.0. The summed E-state index contributed by atoms with van der Waals surface area (Å²) in [5.41, 5.74) is 23.2. The number of rotatable bonds is 7. The van der Waals surface area contributed by atoms with Crippen molar-refractivity contribution in [2.45, 2.75) is 131 Å². The molecule has 0 aliphatic carbocycles. The molecule has 0 radical (unpaired) electrons. The SMILES string of the molecule is CC(C)c1cc(C(C)(C)C)cc(C(C)C)c1-c1cccc(-c2c(C(C)C)cc(C(C)(C)C)cc2C(C)C)c1N=[N+]=[N-]. The van der Waals surface area contributed by atoms with Gasteiger partial charge in [0.25, 0.3) is 0 Å². The Morgan fingerprint density at radius 1 is 0.561 bits per heavy atom. The Kier molecular flexibility index (Phi) is 9.56. The highest BCUT2D eigenvalue weighted by atomic mass is 15.1. The molecule has 220 valence electrons. The summed E-state index contributed by atoms with van der Waals surface area (Å²) < 4.78 is 0. The zero-order valence-electron chi connectivity index (χ0n) is 28.2. The standard InChI is InChI=1S/C38H53N3/c1-22(2)30-18-26(37(9,10)11)19-31(23(3)4)34(30)28-16-15-17-29(36(28)40-41-39)35-32(24(5)6)20-27(38(12,13)14)21-33(35)25(7)8/h15-25H,1-14H3. The maximum atomic E-state index is 9.94. The van der Waals surface area contributed by atoms with Gasteiger partial charge in [0.2, 0.25) is 0 Å². The third-order valence-corrected chi connectivity index (χ3v) is 8.34. The summed E-state index contributed by atoms with van der Waals surface area (Å²) in [5, 5.41) is 4.48. The van der Waals surface area contributed by atoms with Crippen LogP contribution in [-0.2, 0) is 10.8 Å². The number of nitrogens with zero attached hydrogens (tertiary/aromatic N) is 3. The van der Waals surface area contributed by atoms with Crippen molar-refractivity contribution in [3.05, 3.63) is 86.3 Å². The summed E-state index contributed by atoms with van der Waals surface area (Å²) in [4.78, 5) is 3.41. The molecule has 0 saturated heterocycles. The fourth-order valence-corrected chi connectivity index (χ4v) is 5.78. The lowest BCUT2D eigenvalue weighted by Crippen LogP contribution is -2.14. The number of azide groups is 1. The van der Waals surface area contributed by atoms with Gasteiger partial charge in [-0.3, -0.25) is 0 Å². The second-order valence-corrected chi connectivity index (χ2v) is 15.1. The van der Waals surface area contributed by atoms with E-state index in [4.69, 9.17) is 0 Å². The second kappa shape index (κ2) is 12.1. The predicted octanol–water partition coefficient (Wildman–Crippen LogP) is 13.1. The highest BCUT2D eigenvalue weighted by molar-refractivity contribution is 5.93. The quantitative estimate of drug-likeness (QED) is 0.159. The molecule has 3 aromatic carbocycles. The van der Waals surface area contributed by atoms with E-state index < -0.39 is 0 Å². The summed E-state index contributed by atoms with van der Waals surface area (Å²) in [5.74, 6) is 1.26. The first-order valence-corrected chi connectivity index (χ1v) is 15.5. The van der Waals surface area contributed by atoms with Crippen molar-refractivity contribution in [3.8, 4) is 22.3 Å². The lowest BCUT2D eigenvalue weighted by atomic mass is 9.76. The van der Waals surface area contributed by atoms with Crippen LogP contribution in [0.15, 0.2) is 47.6 Å². The van der Waals surface area contributed by atoms with Crippen LogP contribution in [0.5, 0.6) is 0 Å². The number of hydrogen-bond donors (Lipinski definition) is 0. The second-order valence-electron chi connectivity index (χ2n) is 15.1. The smallest absolute Gasteiger partial charge is 0.0532 e. The lowest BCUT2D eigenvalue weighted by Gasteiger charge is -2.29. The minimum absolute atomic E-state index is 0.0361. The Bertz CT molecular complexity index is 1290. The van der Waals surface area contributed by atoms with Crippen molar-refractivity contribution in [1.82, 2.24) is 0 Å². The molecule has 0 amide bonds. The van der Waals surface area contributed by atoms with Crippen LogP contribution >= 0.6 is 0 Å². The number of benzene rings is 3. The van der Waals surface area contributed by atoms with Crippen molar-refractivity contribution < 1.29 is 0 Å². The van der Waals surface area contributed by atoms with Gasteiger partial charge in [0, 0.05) is 4.91 Å². The summed E-state index contributed by atoms with van der Waals surface area (Å²) >= 11 is 0. The minimum atomic E-state index is 0.0361. The Labute approximate surface area is 250 Å². The Morgan fingerprint density at radius 2 is 0.854 bits per heavy atom. The lowest BCUT2D eigenvalue weighted by molar-refractivity contribution is 0.586. The molecule has 0 heterocycles. The van der Waals surface area contributed by atoms with E-state index in [-0.39, 0.29) is 10.8 Å². The minimum Gasteiger partial charge on any atom is -0.0610 e. The van der Waals surface area contributed by atoms with Crippen LogP contribution < -0.4 is 0 Å². The van der Waals surface area contributed by atoms with E-state index in [1.54, 1.807) is 0 Å². The van der Waals surface area contributed by atoms with Crippen molar-refractivity contribution in [2.75, 3.05) is 0 Å². The predicted molar refractivity (Wildman–Crippen MR) is 180 cm³/mol. The Balaban J connectivity index is 2.57. The van der Waals surface area contributed by atoms with Crippen LogP contribution in [0.2, 0.25) is 0 Å². The van der Waals surface area contributed by atoms with Crippen LogP contribution in [0.25, 0.3) is 32.7 Å². The van der Waals surface area contributed by atoms with Crippen molar-refractivity contribution >= 4 is 5.69 Å². The average molecular weight is 552 g/mol. The van der Waals surface area contributed by atoms with Crippen molar-refractivity contribution in [2.24, 2.45) is 5.11 Å². The monoisotopic (exact) mass is 551 g/mol. The van der Waals surface area contributed by atoms with Gasteiger partial charge in [-0.2, -0.15) is 0 Å².